The molecule has 0 unspecified atom stereocenters. The Bertz CT molecular complexity index is 520. The normalized spacial score (nSPS) is 12.7. The molecular formula is C13H16N2OS. The molecule has 2 aromatic rings. The summed E-state index contributed by atoms with van der Waals surface area (Å²) < 4.78 is 0. The highest BCUT2D eigenvalue weighted by atomic mass is 32.1. The van der Waals surface area contributed by atoms with Crippen LogP contribution in [0.2, 0.25) is 0 Å². The predicted octanol–water partition coefficient (Wildman–Crippen LogP) is 2.63. The van der Waals surface area contributed by atoms with E-state index < -0.39 is 0 Å². The van der Waals surface area contributed by atoms with Crippen LogP contribution in [-0.2, 0) is 6.61 Å². The highest BCUT2D eigenvalue weighted by Crippen LogP contribution is 2.30. The molecule has 90 valence electrons. The maximum atomic E-state index is 9.39. The van der Waals surface area contributed by atoms with Gasteiger partial charge in [-0.05, 0) is 36.6 Å². The maximum Gasteiger partial charge on any atom is 0.0801 e. The molecule has 0 aliphatic carbocycles. The van der Waals surface area contributed by atoms with Crippen LogP contribution in [0.3, 0.4) is 0 Å². The second-order valence-corrected chi connectivity index (χ2v) is 4.98. The second kappa shape index (κ2) is 4.96. The van der Waals surface area contributed by atoms with Gasteiger partial charge in [-0.2, -0.15) is 0 Å². The zero-order chi connectivity index (χ0) is 12.4. The number of aliphatic hydroxyl groups excluding tert-OH is 1. The number of aliphatic hydroxyl groups is 1. The number of thiazole rings is 1. The first-order valence-corrected chi connectivity index (χ1v) is 6.41. The monoisotopic (exact) mass is 248 g/mol. The lowest BCUT2D eigenvalue weighted by Gasteiger charge is -2.12. The summed E-state index contributed by atoms with van der Waals surface area (Å²) in [6.07, 6.45) is 0. The summed E-state index contributed by atoms with van der Waals surface area (Å²) in [6, 6.07) is 5.97. The molecule has 4 heteroatoms. The van der Waals surface area contributed by atoms with Gasteiger partial charge in [-0.3, -0.25) is 0 Å². The Morgan fingerprint density at radius 1 is 1.47 bits per heavy atom. The van der Waals surface area contributed by atoms with Crippen LogP contribution in [0.1, 0.15) is 29.8 Å². The number of aromatic nitrogens is 1. The molecule has 2 rings (SSSR count). The Hall–Kier alpha value is -1.23. The minimum atomic E-state index is -0.0613. The van der Waals surface area contributed by atoms with Gasteiger partial charge in [0.1, 0.15) is 0 Å². The highest BCUT2D eigenvalue weighted by molar-refractivity contribution is 7.13. The van der Waals surface area contributed by atoms with E-state index in [1.165, 1.54) is 0 Å². The molecule has 0 aliphatic heterocycles. The second-order valence-electron chi connectivity index (χ2n) is 4.13. The summed E-state index contributed by atoms with van der Waals surface area (Å²) in [6.45, 7) is 3.93. The topological polar surface area (TPSA) is 59.1 Å². The van der Waals surface area contributed by atoms with E-state index in [-0.39, 0.29) is 12.6 Å². The molecular weight excluding hydrogens is 232 g/mol. The standard InChI is InChI=1S/C13H16N2OS/c1-8(14)12-4-3-10(5-11(12)6-16)13-9(2)15-7-17-13/h3-5,7-8,16H,6,14H2,1-2H3/t8-/m0/s1. The Labute approximate surface area is 105 Å². The van der Waals surface area contributed by atoms with Crippen LogP contribution in [-0.4, -0.2) is 10.1 Å². The van der Waals surface area contributed by atoms with Crippen molar-refractivity contribution in [1.29, 1.82) is 0 Å². The van der Waals surface area contributed by atoms with Gasteiger partial charge in [-0.15, -0.1) is 11.3 Å². The van der Waals surface area contributed by atoms with E-state index >= 15 is 0 Å². The molecule has 0 bridgehead atoms. The summed E-state index contributed by atoms with van der Waals surface area (Å²) in [5.74, 6) is 0. The number of hydrogen-bond acceptors (Lipinski definition) is 4. The highest BCUT2D eigenvalue weighted by Gasteiger charge is 2.10. The molecule has 0 saturated heterocycles. The molecule has 3 nitrogen and oxygen atoms in total. The van der Waals surface area contributed by atoms with Crippen molar-refractivity contribution in [3.05, 3.63) is 40.5 Å². The average molecular weight is 248 g/mol. The fraction of sp³-hybridized carbons (Fsp3) is 0.308. The van der Waals surface area contributed by atoms with Crippen molar-refractivity contribution in [2.45, 2.75) is 26.5 Å². The SMILES string of the molecule is Cc1ncsc1-c1ccc([C@H](C)N)c(CO)c1. The van der Waals surface area contributed by atoms with Crippen molar-refractivity contribution in [2.75, 3.05) is 0 Å². The van der Waals surface area contributed by atoms with Gasteiger partial charge in [0, 0.05) is 6.04 Å². The lowest BCUT2D eigenvalue weighted by Crippen LogP contribution is -2.08. The number of nitrogens with two attached hydrogens (primary N) is 1. The molecule has 0 fully saturated rings. The Morgan fingerprint density at radius 3 is 2.76 bits per heavy atom. The third kappa shape index (κ3) is 2.39. The molecule has 0 radical (unpaired) electrons. The van der Waals surface area contributed by atoms with Gasteiger partial charge in [-0.25, -0.2) is 4.98 Å². The largest absolute Gasteiger partial charge is 0.392 e. The molecule has 0 saturated carbocycles. The van der Waals surface area contributed by atoms with E-state index in [2.05, 4.69) is 4.98 Å². The fourth-order valence-corrected chi connectivity index (χ4v) is 2.71. The molecule has 1 aromatic heterocycles. The van der Waals surface area contributed by atoms with E-state index in [0.717, 1.165) is 27.3 Å². The molecule has 1 aromatic carbocycles. The van der Waals surface area contributed by atoms with Crippen molar-refractivity contribution >= 4 is 11.3 Å². The molecule has 1 atom stereocenters. The van der Waals surface area contributed by atoms with Crippen molar-refractivity contribution in [1.82, 2.24) is 4.98 Å². The van der Waals surface area contributed by atoms with E-state index in [4.69, 9.17) is 5.73 Å². The minimum Gasteiger partial charge on any atom is -0.392 e. The zero-order valence-corrected chi connectivity index (χ0v) is 10.8. The van der Waals surface area contributed by atoms with Crippen LogP contribution in [0, 0.1) is 6.92 Å². The Balaban J connectivity index is 2.49. The fourth-order valence-electron chi connectivity index (χ4n) is 1.91. The lowest BCUT2D eigenvalue weighted by molar-refractivity contribution is 0.280. The number of aryl methyl sites for hydroxylation is 1. The van der Waals surface area contributed by atoms with Gasteiger partial charge in [0.25, 0.3) is 0 Å². The summed E-state index contributed by atoms with van der Waals surface area (Å²) >= 11 is 1.61. The van der Waals surface area contributed by atoms with Gasteiger partial charge < -0.3 is 10.8 Å². The number of hydrogen-bond donors (Lipinski definition) is 2. The van der Waals surface area contributed by atoms with Gasteiger partial charge >= 0.3 is 0 Å². The number of rotatable bonds is 3. The average Bonchev–Trinajstić information content (AvgIpc) is 2.74. The van der Waals surface area contributed by atoms with E-state index in [1.54, 1.807) is 11.3 Å². The van der Waals surface area contributed by atoms with E-state index in [0.29, 0.717) is 0 Å². The first-order chi connectivity index (χ1) is 8.13. The van der Waals surface area contributed by atoms with Crippen LogP contribution in [0.25, 0.3) is 10.4 Å². The van der Waals surface area contributed by atoms with Crippen molar-refractivity contribution in [3.63, 3.8) is 0 Å². The van der Waals surface area contributed by atoms with Crippen LogP contribution >= 0.6 is 11.3 Å². The molecule has 17 heavy (non-hydrogen) atoms. The molecule has 1 heterocycles. The molecule has 3 N–H and O–H groups in total. The van der Waals surface area contributed by atoms with Gasteiger partial charge in [0.2, 0.25) is 0 Å². The minimum absolute atomic E-state index is 0.0164. The molecule has 0 aliphatic rings. The predicted molar refractivity (Wildman–Crippen MR) is 70.8 cm³/mol. The smallest absolute Gasteiger partial charge is 0.0801 e. The van der Waals surface area contributed by atoms with Gasteiger partial charge in [-0.1, -0.05) is 12.1 Å². The third-order valence-corrected chi connectivity index (χ3v) is 3.79. The number of benzene rings is 1. The van der Waals surface area contributed by atoms with Crippen LogP contribution in [0.15, 0.2) is 23.7 Å². The molecule has 0 amide bonds. The third-order valence-electron chi connectivity index (χ3n) is 2.81. The van der Waals surface area contributed by atoms with Crippen molar-refractivity contribution in [3.8, 4) is 10.4 Å². The van der Waals surface area contributed by atoms with E-state index in [9.17, 15) is 5.11 Å². The van der Waals surface area contributed by atoms with Crippen molar-refractivity contribution < 1.29 is 5.11 Å². The summed E-state index contributed by atoms with van der Waals surface area (Å²) in [7, 11) is 0. The summed E-state index contributed by atoms with van der Waals surface area (Å²) in [5, 5.41) is 9.39. The summed E-state index contributed by atoms with van der Waals surface area (Å²) in [5.41, 5.74) is 11.7. The summed E-state index contributed by atoms with van der Waals surface area (Å²) in [4.78, 5) is 5.39. The molecule has 0 spiro atoms. The van der Waals surface area contributed by atoms with Crippen LogP contribution in [0.4, 0.5) is 0 Å². The first-order valence-electron chi connectivity index (χ1n) is 5.53. The maximum absolute atomic E-state index is 9.39. The van der Waals surface area contributed by atoms with Crippen LogP contribution < -0.4 is 5.73 Å². The van der Waals surface area contributed by atoms with Gasteiger partial charge in [0.15, 0.2) is 0 Å². The van der Waals surface area contributed by atoms with Crippen molar-refractivity contribution in [2.24, 2.45) is 5.73 Å². The zero-order valence-electron chi connectivity index (χ0n) is 9.97. The van der Waals surface area contributed by atoms with Gasteiger partial charge in [0.05, 0.1) is 22.7 Å². The Kier molecular flexibility index (Phi) is 3.57. The Morgan fingerprint density at radius 2 is 2.24 bits per heavy atom. The lowest BCUT2D eigenvalue weighted by atomic mass is 9.99. The quantitative estimate of drug-likeness (QED) is 0.878. The van der Waals surface area contributed by atoms with E-state index in [1.807, 2.05) is 37.6 Å². The number of nitrogens with zero attached hydrogens (tertiary/aromatic N) is 1. The first kappa shape index (κ1) is 12.2. The van der Waals surface area contributed by atoms with Crippen LogP contribution in [0.5, 0.6) is 0 Å².